The Morgan fingerprint density at radius 1 is 0.767 bits per heavy atom. The molecule has 0 atom stereocenters. The molecule has 2 heterocycles. The van der Waals surface area contributed by atoms with Gasteiger partial charge in [0.05, 0.1) is 11.1 Å². The Balaban J connectivity index is 1.40. The van der Waals surface area contributed by atoms with Crippen molar-refractivity contribution in [2.75, 3.05) is 26.2 Å². The average molecular weight is 413 g/mol. The fourth-order valence-electron chi connectivity index (χ4n) is 3.44. The number of amides is 2. The van der Waals surface area contributed by atoms with Gasteiger partial charge in [-0.1, -0.05) is 24.3 Å². The summed E-state index contributed by atoms with van der Waals surface area (Å²) < 4.78 is 38.0. The number of rotatable bonds is 2. The minimum Gasteiger partial charge on any atom is -0.335 e. The second-order valence-corrected chi connectivity index (χ2v) is 7.05. The highest BCUT2D eigenvalue weighted by atomic mass is 19.4. The van der Waals surface area contributed by atoms with Crippen LogP contribution in [-0.4, -0.2) is 52.8 Å². The topological polar surface area (TPSA) is 53.5 Å². The normalized spacial score (nSPS) is 14.8. The molecule has 2 amide bonds. The molecule has 1 saturated heterocycles. The Labute approximate surface area is 170 Å². The molecule has 1 fully saturated rings. The molecule has 154 valence electrons. The molecule has 8 heteroatoms. The van der Waals surface area contributed by atoms with Crippen molar-refractivity contribution < 1.29 is 22.8 Å². The minimum absolute atomic E-state index is 0.193. The van der Waals surface area contributed by atoms with Gasteiger partial charge in [0.15, 0.2) is 0 Å². The fourth-order valence-corrected chi connectivity index (χ4v) is 3.44. The van der Waals surface area contributed by atoms with Crippen LogP contribution in [0.15, 0.2) is 60.7 Å². The van der Waals surface area contributed by atoms with Gasteiger partial charge in [-0.25, -0.2) is 4.98 Å². The first-order valence-electron chi connectivity index (χ1n) is 9.44. The zero-order valence-corrected chi connectivity index (χ0v) is 15.9. The monoisotopic (exact) mass is 413 g/mol. The molecule has 0 bridgehead atoms. The van der Waals surface area contributed by atoms with Gasteiger partial charge in [-0.3, -0.25) is 9.59 Å². The zero-order chi connectivity index (χ0) is 21.3. The van der Waals surface area contributed by atoms with Gasteiger partial charge in [-0.05, 0) is 36.4 Å². The summed E-state index contributed by atoms with van der Waals surface area (Å²) >= 11 is 0. The van der Waals surface area contributed by atoms with Crippen LogP contribution in [0.1, 0.15) is 26.4 Å². The number of pyridine rings is 1. The molecule has 30 heavy (non-hydrogen) atoms. The van der Waals surface area contributed by atoms with E-state index in [1.165, 1.54) is 12.1 Å². The highest BCUT2D eigenvalue weighted by molar-refractivity contribution is 5.96. The number of nitrogens with zero attached hydrogens (tertiary/aromatic N) is 3. The number of hydrogen-bond donors (Lipinski definition) is 0. The summed E-state index contributed by atoms with van der Waals surface area (Å²) in [5.74, 6) is -0.554. The number of carbonyl (C=O) groups is 2. The molecular formula is C22H18F3N3O2. The molecule has 1 aliphatic rings. The fraction of sp³-hybridized carbons (Fsp3) is 0.227. The lowest BCUT2D eigenvalue weighted by Crippen LogP contribution is -2.50. The van der Waals surface area contributed by atoms with Gasteiger partial charge in [0.2, 0.25) is 0 Å². The van der Waals surface area contributed by atoms with E-state index in [2.05, 4.69) is 4.98 Å². The van der Waals surface area contributed by atoms with Crippen LogP contribution in [0.4, 0.5) is 13.2 Å². The van der Waals surface area contributed by atoms with Crippen molar-refractivity contribution in [2.45, 2.75) is 6.18 Å². The first kappa shape index (κ1) is 19.9. The van der Waals surface area contributed by atoms with Gasteiger partial charge in [0.1, 0.15) is 5.69 Å². The van der Waals surface area contributed by atoms with E-state index >= 15 is 0 Å². The Morgan fingerprint density at radius 2 is 1.37 bits per heavy atom. The van der Waals surface area contributed by atoms with Crippen LogP contribution in [0.2, 0.25) is 0 Å². The number of hydrogen-bond acceptors (Lipinski definition) is 3. The maximum absolute atomic E-state index is 12.8. The van der Waals surface area contributed by atoms with Gasteiger partial charge in [-0.2, -0.15) is 13.2 Å². The van der Waals surface area contributed by atoms with Crippen molar-refractivity contribution in [1.82, 2.24) is 14.8 Å². The van der Waals surface area contributed by atoms with E-state index in [4.69, 9.17) is 0 Å². The summed E-state index contributed by atoms with van der Waals surface area (Å²) in [7, 11) is 0. The van der Waals surface area contributed by atoms with Crippen molar-refractivity contribution in [2.24, 2.45) is 0 Å². The Hall–Kier alpha value is -3.42. The Morgan fingerprint density at radius 3 is 2.00 bits per heavy atom. The first-order chi connectivity index (χ1) is 14.3. The lowest BCUT2D eigenvalue weighted by Gasteiger charge is -2.34. The van der Waals surface area contributed by atoms with Gasteiger partial charge in [0.25, 0.3) is 11.8 Å². The number of carbonyl (C=O) groups excluding carboxylic acids is 2. The largest absolute Gasteiger partial charge is 0.416 e. The third-order valence-electron chi connectivity index (χ3n) is 5.13. The number of fused-ring (bicyclic) bond motifs is 1. The number of alkyl halides is 3. The third-order valence-corrected chi connectivity index (χ3v) is 5.13. The van der Waals surface area contributed by atoms with Gasteiger partial charge >= 0.3 is 6.18 Å². The maximum Gasteiger partial charge on any atom is 0.416 e. The van der Waals surface area contributed by atoms with Crippen LogP contribution in [-0.2, 0) is 6.18 Å². The van der Waals surface area contributed by atoms with E-state index in [1.54, 1.807) is 15.9 Å². The molecule has 0 aliphatic carbocycles. The van der Waals surface area contributed by atoms with Crippen LogP contribution >= 0.6 is 0 Å². The molecule has 0 spiro atoms. The average Bonchev–Trinajstić information content (AvgIpc) is 2.77. The summed E-state index contributed by atoms with van der Waals surface area (Å²) in [5.41, 5.74) is 0.479. The smallest absolute Gasteiger partial charge is 0.335 e. The molecular weight excluding hydrogens is 395 g/mol. The number of piperazine rings is 1. The molecule has 5 nitrogen and oxygen atoms in total. The quantitative estimate of drug-likeness (QED) is 0.641. The van der Waals surface area contributed by atoms with Crippen molar-refractivity contribution in [3.05, 3.63) is 77.5 Å². The number of halogens is 3. The minimum atomic E-state index is -4.44. The van der Waals surface area contributed by atoms with E-state index in [1.807, 2.05) is 30.3 Å². The molecule has 4 rings (SSSR count). The predicted molar refractivity (Wildman–Crippen MR) is 105 cm³/mol. The number of benzene rings is 2. The SMILES string of the molecule is O=C(c1ccc(C(F)(F)F)cc1)N1CCN(C(=O)c2ccc3ccccc3n2)CC1. The summed E-state index contributed by atoms with van der Waals surface area (Å²) in [6.45, 7) is 1.28. The molecule has 0 radical (unpaired) electrons. The highest BCUT2D eigenvalue weighted by Gasteiger charge is 2.31. The molecule has 0 unspecified atom stereocenters. The Bertz CT molecular complexity index is 1090. The van der Waals surface area contributed by atoms with Gasteiger partial charge < -0.3 is 9.80 Å². The number of para-hydroxylation sites is 1. The van der Waals surface area contributed by atoms with E-state index in [9.17, 15) is 22.8 Å². The van der Waals surface area contributed by atoms with Crippen molar-refractivity contribution >= 4 is 22.7 Å². The summed E-state index contributed by atoms with van der Waals surface area (Å²) in [5, 5.41) is 0.945. The standard InChI is InChI=1S/C22H18F3N3O2/c23-22(24,25)17-8-5-16(6-9-17)20(29)27-11-13-28(14-12-27)21(30)19-10-7-15-3-1-2-4-18(15)26-19/h1-10H,11-14H2. The lowest BCUT2D eigenvalue weighted by molar-refractivity contribution is -0.137. The molecule has 1 aromatic heterocycles. The highest BCUT2D eigenvalue weighted by Crippen LogP contribution is 2.29. The second-order valence-electron chi connectivity index (χ2n) is 7.05. The first-order valence-corrected chi connectivity index (χ1v) is 9.44. The van der Waals surface area contributed by atoms with E-state index in [-0.39, 0.29) is 17.4 Å². The third kappa shape index (κ3) is 3.98. The van der Waals surface area contributed by atoms with E-state index in [0.29, 0.717) is 31.9 Å². The molecule has 1 aliphatic heterocycles. The van der Waals surface area contributed by atoms with Crippen LogP contribution in [0.25, 0.3) is 10.9 Å². The molecule has 2 aromatic carbocycles. The van der Waals surface area contributed by atoms with Crippen LogP contribution in [0.3, 0.4) is 0 Å². The molecule has 0 saturated carbocycles. The van der Waals surface area contributed by atoms with Crippen molar-refractivity contribution in [1.29, 1.82) is 0 Å². The van der Waals surface area contributed by atoms with Gasteiger partial charge in [-0.15, -0.1) is 0 Å². The van der Waals surface area contributed by atoms with E-state index < -0.39 is 11.7 Å². The molecule has 3 aromatic rings. The lowest BCUT2D eigenvalue weighted by atomic mass is 10.1. The summed E-state index contributed by atoms with van der Waals surface area (Å²) in [6, 6.07) is 15.2. The van der Waals surface area contributed by atoms with Crippen molar-refractivity contribution in [3.63, 3.8) is 0 Å². The van der Waals surface area contributed by atoms with Crippen LogP contribution in [0, 0.1) is 0 Å². The second kappa shape index (κ2) is 7.78. The van der Waals surface area contributed by atoms with Crippen molar-refractivity contribution in [3.8, 4) is 0 Å². The zero-order valence-electron chi connectivity index (χ0n) is 15.9. The molecule has 0 N–H and O–H groups in total. The summed E-state index contributed by atoms with van der Waals surface area (Å²) in [4.78, 5) is 32.9. The maximum atomic E-state index is 12.8. The Kier molecular flexibility index (Phi) is 5.15. The van der Waals surface area contributed by atoms with Crippen LogP contribution in [0.5, 0.6) is 0 Å². The number of aromatic nitrogens is 1. The summed E-state index contributed by atoms with van der Waals surface area (Å²) in [6.07, 6.45) is -4.44. The van der Waals surface area contributed by atoms with Crippen LogP contribution < -0.4 is 0 Å². The van der Waals surface area contributed by atoms with E-state index in [0.717, 1.165) is 23.0 Å². The predicted octanol–water partition coefficient (Wildman–Crippen LogP) is 3.85. The van der Waals surface area contributed by atoms with Gasteiger partial charge in [0, 0.05) is 37.1 Å².